The van der Waals surface area contributed by atoms with Crippen molar-refractivity contribution in [3.05, 3.63) is 122 Å². The second-order valence-corrected chi connectivity index (χ2v) is 11.8. The maximum absolute atomic E-state index is 13.6. The monoisotopic (exact) mass is 650 g/mol. The molecule has 0 spiro atoms. The number of amides is 2. The fraction of sp³-hybridized carbons (Fsp3) is 0.176. The van der Waals surface area contributed by atoms with E-state index in [-0.39, 0.29) is 34.2 Å². The van der Waals surface area contributed by atoms with Crippen molar-refractivity contribution in [1.29, 1.82) is 0 Å². The summed E-state index contributed by atoms with van der Waals surface area (Å²) in [5.41, 5.74) is 1.72. The van der Waals surface area contributed by atoms with E-state index in [1.165, 1.54) is 62.9 Å². The first-order chi connectivity index (χ1) is 22.6. The summed E-state index contributed by atoms with van der Waals surface area (Å²) >= 11 is 0. The molecule has 0 fully saturated rings. The van der Waals surface area contributed by atoms with Crippen molar-refractivity contribution in [2.45, 2.75) is 26.4 Å². The predicted octanol–water partition coefficient (Wildman–Crippen LogP) is 6.86. The smallest absolute Gasteiger partial charge is 0.420 e. The molecule has 0 saturated heterocycles. The van der Waals surface area contributed by atoms with Crippen LogP contribution in [0.25, 0.3) is 22.4 Å². The van der Waals surface area contributed by atoms with E-state index in [4.69, 9.17) is 9.72 Å². The molecule has 1 aromatic heterocycles. The lowest BCUT2D eigenvalue weighted by Gasteiger charge is -2.21. The van der Waals surface area contributed by atoms with Gasteiger partial charge in [0.15, 0.2) is 5.82 Å². The van der Waals surface area contributed by atoms with Gasteiger partial charge in [0.25, 0.3) is 23.2 Å². The number of carbonyl (C=O) groups excluding carboxylic acids is 3. The van der Waals surface area contributed by atoms with Gasteiger partial charge in [-0.2, -0.15) is 0 Å². The Hall–Kier alpha value is -6.44. The lowest BCUT2D eigenvalue weighted by molar-refractivity contribution is -0.385. The van der Waals surface area contributed by atoms with Crippen LogP contribution < -0.4 is 9.80 Å². The second kappa shape index (κ2) is 12.7. The first-order valence-electron chi connectivity index (χ1n) is 14.6. The number of nitrogens with zero attached hydrogens (tertiary/aromatic N) is 6. The van der Waals surface area contributed by atoms with Crippen LogP contribution >= 0.6 is 0 Å². The zero-order valence-corrected chi connectivity index (χ0v) is 26.6. The standard InChI is InChI=1S/C34H30N6O8/c1-34(2,3)48-33(43)38-29-20-27(37(5)32(42)23-10-16-26(17-11-23)40(46)47)18-19-28(29)35-30(38)21-6-12-24(13-7-21)36(4)31(41)22-8-14-25(15-9-22)39(44)45/h6-20H,1-5H3. The van der Waals surface area contributed by atoms with Gasteiger partial charge in [-0.05, 0) is 87.5 Å². The third-order valence-electron chi connectivity index (χ3n) is 7.37. The molecule has 14 heteroatoms. The summed E-state index contributed by atoms with van der Waals surface area (Å²) in [4.78, 5) is 68.3. The van der Waals surface area contributed by atoms with Gasteiger partial charge in [0.2, 0.25) is 0 Å². The van der Waals surface area contributed by atoms with Crippen molar-refractivity contribution in [2.24, 2.45) is 0 Å². The van der Waals surface area contributed by atoms with Crippen molar-refractivity contribution in [3.8, 4) is 11.4 Å². The fourth-order valence-electron chi connectivity index (χ4n) is 4.87. The average molecular weight is 651 g/mol. The predicted molar refractivity (Wildman–Crippen MR) is 178 cm³/mol. The molecular weight excluding hydrogens is 620 g/mol. The zero-order chi connectivity index (χ0) is 34.9. The molecule has 5 rings (SSSR count). The van der Waals surface area contributed by atoms with Crippen LogP contribution in [0.2, 0.25) is 0 Å². The number of anilines is 2. The minimum atomic E-state index is -0.837. The van der Waals surface area contributed by atoms with E-state index < -0.39 is 27.4 Å². The first-order valence-corrected chi connectivity index (χ1v) is 14.6. The number of nitro benzene ring substituents is 2. The number of hydrogen-bond donors (Lipinski definition) is 0. The number of imidazole rings is 1. The summed E-state index contributed by atoms with van der Waals surface area (Å²) in [6.45, 7) is 5.20. The molecule has 0 N–H and O–H groups in total. The quantitative estimate of drug-likeness (QED) is 0.135. The molecule has 0 aliphatic rings. The molecule has 0 atom stereocenters. The molecule has 0 aliphatic heterocycles. The summed E-state index contributed by atoms with van der Waals surface area (Å²) in [6, 6.07) is 22.3. The highest BCUT2D eigenvalue weighted by Gasteiger charge is 2.26. The Kier molecular flexibility index (Phi) is 8.75. The van der Waals surface area contributed by atoms with E-state index in [0.717, 1.165) is 0 Å². The zero-order valence-electron chi connectivity index (χ0n) is 26.6. The molecule has 0 saturated carbocycles. The number of benzene rings is 4. The third kappa shape index (κ3) is 6.72. The van der Waals surface area contributed by atoms with E-state index in [9.17, 15) is 34.6 Å². The van der Waals surface area contributed by atoms with Crippen LogP contribution in [0.4, 0.5) is 27.5 Å². The largest absolute Gasteiger partial charge is 0.443 e. The van der Waals surface area contributed by atoms with Gasteiger partial charge in [0.05, 0.1) is 20.9 Å². The molecule has 5 aromatic rings. The van der Waals surface area contributed by atoms with Crippen molar-refractivity contribution in [1.82, 2.24) is 9.55 Å². The minimum Gasteiger partial charge on any atom is -0.443 e. The average Bonchev–Trinajstić information content (AvgIpc) is 3.45. The Morgan fingerprint density at radius 2 is 1.17 bits per heavy atom. The van der Waals surface area contributed by atoms with Crippen molar-refractivity contribution >= 4 is 51.7 Å². The Balaban J connectivity index is 1.49. The first kappa shape index (κ1) is 32.9. The molecule has 48 heavy (non-hydrogen) atoms. The maximum Gasteiger partial charge on any atom is 0.420 e. The normalized spacial score (nSPS) is 11.2. The van der Waals surface area contributed by atoms with E-state index in [1.807, 2.05) is 0 Å². The third-order valence-corrected chi connectivity index (χ3v) is 7.37. The van der Waals surface area contributed by atoms with E-state index in [0.29, 0.717) is 28.0 Å². The molecule has 2 amide bonds. The lowest BCUT2D eigenvalue weighted by Crippen LogP contribution is -2.28. The highest BCUT2D eigenvalue weighted by atomic mass is 16.6. The van der Waals surface area contributed by atoms with Gasteiger partial charge in [-0.1, -0.05) is 0 Å². The molecule has 0 bridgehead atoms. The van der Waals surface area contributed by atoms with Gasteiger partial charge in [-0.25, -0.2) is 14.3 Å². The number of fused-ring (bicyclic) bond motifs is 1. The van der Waals surface area contributed by atoms with Crippen molar-refractivity contribution < 1.29 is 29.0 Å². The summed E-state index contributed by atoms with van der Waals surface area (Å²) in [5.74, 6) is -0.536. The van der Waals surface area contributed by atoms with Crippen LogP contribution in [0.15, 0.2) is 91.0 Å². The Morgan fingerprint density at radius 1 is 0.708 bits per heavy atom. The molecule has 0 radical (unpaired) electrons. The summed E-state index contributed by atoms with van der Waals surface area (Å²) in [5, 5.41) is 22.0. The van der Waals surface area contributed by atoms with Crippen LogP contribution in [0, 0.1) is 20.2 Å². The van der Waals surface area contributed by atoms with Gasteiger partial charge < -0.3 is 14.5 Å². The minimum absolute atomic E-state index is 0.124. The molecule has 1 heterocycles. The molecule has 4 aromatic carbocycles. The molecule has 0 aliphatic carbocycles. The maximum atomic E-state index is 13.6. The number of aromatic nitrogens is 2. The molecule has 244 valence electrons. The van der Waals surface area contributed by atoms with E-state index >= 15 is 0 Å². The topological polar surface area (TPSA) is 171 Å². The fourth-order valence-corrected chi connectivity index (χ4v) is 4.87. The summed E-state index contributed by atoms with van der Waals surface area (Å²) in [6.07, 6.45) is -0.698. The Morgan fingerprint density at radius 3 is 1.62 bits per heavy atom. The van der Waals surface area contributed by atoms with Gasteiger partial charge >= 0.3 is 6.09 Å². The molecule has 0 unspecified atom stereocenters. The molecular formula is C34H30N6O8. The van der Waals surface area contributed by atoms with Gasteiger partial charge in [0.1, 0.15) is 5.60 Å². The van der Waals surface area contributed by atoms with E-state index in [2.05, 4.69) is 0 Å². The van der Waals surface area contributed by atoms with Crippen molar-refractivity contribution in [2.75, 3.05) is 23.9 Å². The van der Waals surface area contributed by atoms with Gasteiger partial charge in [-0.3, -0.25) is 29.8 Å². The SMILES string of the molecule is CN(C(=O)c1ccc([N+](=O)[O-])cc1)c1ccc(-c2nc3ccc(N(C)C(=O)c4ccc([N+](=O)[O-])cc4)cc3n2C(=O)OC(C)(C)C)cc1. The molecule has 14 nitrogen and oxygen atoms in total. The number of rotatable bonds is 7. The summed E-state index contributed by atoms with van der Waals surface area (Å²) < 4.78 is 7.03. The Bertz CT molecular complexity index is 2060. The van der Waals surface area contributed by atoms with Crippen LogP contribution in [0.5, 0.6) is 0 Å². The Labute approximate surface area is 274 Å². The van der Waals surface area contributed by atoms with Crippen LogP contribution in [0.3, 0.4) is 0 Å². The highest BCUT2D eigenvalue weighted by molar-refractivity contribution is 6.07. The van der Waals surface area contributed by atoms with E-state index in [1.54, 1.807) is 77.3 Å². The van der Waals surface area contributed by atoms with Crippen LogP contribution in [-0.4, -0.2) is 57.0 Å². The number of hydrogen-bond acceptors (Lipinski definition) is 9. The lowest BCUT2D eigenvalue weighted by atomic mass is 10.1. The second-order valence-electron chi connectivity index (χ2n) is 11.8. The van der Waals surface area contributed by atoms with Crippen molar-refractivity contribution in [3.63, 3.8) is 0 Å². The van der Waals surface area contributed by atoms with Gasteiger partial charge in [0, 0.05) is 66.4 Å². The number of non-ortho nitro benzene ring substituents is 2. The number of nitro groups is 2. The number of ether oxygens (including phenoxy) is 1. The van der Waals surface area contributed by atoms with Crippen LogP contribution in [-0.2, 0) is 4.74 Å². The highest BCUT2D eigenvalue weighted by Crippen LogP contribution is 2.31. The van der Waals surface area contributed by atoms with Crippen LogP contribution in [0.1, 0.15) is 41.5 Å². The number of carbonyl (C=O) groups is 3. The summed E-state index contributed by atoms with van der Waals surface area (Å²) in [7, 11) is 3.12. The van der Waals surface area contributed by atoms with Gasteiger partial charge in [-0.15, -0.1) is 0 Å².